The van der Waals surface area contributed by atoms with Gasteiger partial charge in [-0.1, -0.05) is 0 Å². The molecule has 1 rings (SSSR count). The summed E-state index contributed by atoms with van der Waals surface area (Å²) in [6.07, 6.45) is 2.23. The Morgan fingerprint density at radius 2 is 2.23 bits per heavy atom. The first kappa shape index (κ1) is 10.5. The molecule has 1 heterocycles. The number of hydrogen-bond donors (Lipinski definition) is 3. The number of anilines is 1. The van der Waals surface area contributed by atoms with Crippen molar-refractivity contribution in [2.24, 2.45) is 5.73 Å². The summed E-state index contributed by atoms with van der Waals surface area (Å²) in [7, 11) is 0. The van der Waals surface area contributed by atoms with Gasteiger partial charge in [-0.3, -0.25) is 0 Å². The van der Waals surface area contributed by atoms with E-state index in [2.05, 4.69) is 5.32 Å². The van der Waals surface area contributed by atoms with Crippen LogP contribution in [0.5, 0.6) is 0 Å². The predicted octanol–water partition coefficient (Wildman–Crippen LogP) is 1.16. The highest BCUT2D eigenvalue weighted by atomic mass is 32.1. The molecule has 0 fully saturated rings. The van der Waals surface area contributed by atoms with Gasteiger partial charge in [-0.25, -0.2) is 0 Å². The first-order valence-corrected chi connectivity index (χ1v) is 5.45. The summed E-state index contributed by atoms with van der Waals surface area (Å²) in [6.45, 7) is 2.69. The summed E-state index contributed by atoms with van der Waals surface area (Å²) < 4.78 is 0. The van der Waals surface area contributed by atoms with E-state index in [-0.39, 0.29) is 0 Å². The van der Waals surface area contributed by atoms with Gasteiger partial charge < -0.3 is 16.8 Å². The Kier molecular flexibility index (Phi) is 4.82. The highest BCUT2D eigenvalue weighted by molar-refractivity contribution is 7.10. The van der Waals surface area contributed by atoms with E-state index in [1.807, 2.05) is 11.4 Å². The van der Waals surface area contributed by atoms with Gasteiger partial charge in [-0.15, -0.1) is 11.3 Å². The first-order valence-electron chi connectivity index (χ1n) is 4.57. The fourth-order valence-corrected chi connectivity index (χ4v) is 1.86. The lowest BCUT2D eigenvalue weighted by Gasteiger charge is -2.02. The Balaban J connectivity index is 2.10. The van der Waals surface area contributed by atoms with Gasteiger partial charge in [0.25, 0.3) is 0 Å². The summed E-state index contributed by atoms with van der Waals surface area (Å²) >= 11 is 1.70. The zero-order chi connectivity index (χ0) is 9.52. The van der Waals surface area contributed by atoms with Crippen LogP contribution in [0.1, 0.15) is 17.7 Å². The maximum atomic E-state index is 5.73. The van der Waals surface area contributed by atoms with E-state index in [9.17, 15) is 0 Å². The van der Waals surface area contributed by atoms with Gasteiger partial charge in [-0.05, 0) is 37.4 Å². The molecule has 0 aliphatic carbocycles. The lowest BCUT2D eigenvalue weighted by molar-refractivity contribution is 0.632. The van der Waals surface area contributed by atoms with Crippen molar-refractivity contribution in [2.75, 3.05) is 18.8 Å². The average Bonchev–Trinajstić information content (AvgIpc) is 2.52. The van der Waals surface area contributed by atoms with Crippen LogP contribution in [0.3, 0.4) is 0 Å². The maximum absolute atomic E-state index is 5.73. The number of nitrogens with two attached hydrogens (primary N) is 2. The Morgan fingerprint density at radius 3 is 2.85 bits per heavy atom. The van der Waals surface area contributed by atoms with E-state index in [0.717, 1.165) is 38.2 Å². The minimum Gasteiger partial charge on any atom is -0.398 e. The summed E-state index contributed by atoms with van der Waals surface area (Å²) in [5.41, 5.74) is 12.0. The smallest absolute Gasteiger partial charge is 0.0468 e. The van der Waals surface area contributed by atoms with Crippen molar-refractivity contribution in [3.8, 4) is 0 Å². The third-order valence-electron chi connectivity index (χ3n) is 1.87. The second kappa shape index (κ2) is 5.96. The minimum absolute atomic E-state index is 0.781. The molecule has 0 saturated heterocycles. The van der Waals surface area contributed by atoms with Crippen molar-refractivity contribution < 1.29 is 0 Å². The second-order valence-electron chi connectivity index (χ2n) is 2.97. The maximum Gasteiger partial charge on any atom is 0.0468 e. The Bertz CT molecular complexity index is 235. The minimum atomic E-state index is 0.781. The van der Waals surface area contributed by atoms with Crippen molar-refractivity contribution in [1.29, 1.82) is 0 Å². The predicted molar refractivity (Wildman–Crippen MR) is 58.7 cm³/mol. The van der Waals surface area contributed by atoms with Crippen LogP contribution in [-0.2, 0) is 6.54 Å². The molecule has 13 heavy (non-hydrogen) atoms. The van der Waals surface area contributed by atoms with E-state index >= 15 is 0 Å². The van der Waals surface area contributed by atoms with E-state index in [1.54, 1.807) is 11.3 Å². The van der Waals surface area contributed by atoms with Gasteiger partial charge >= 0.3 is 0 Å². The van der Waals surface area contributed by atoms with Crippen molar-refractivity contribution in [1.82, 2.24) is 5.32 Å². The van der Waals surface area contributed by atoms with Gasteiger partial charge in [0, 0.05) is 17.1 Å². The molecule has 0 amide bonds. The molecule has 0 unspecified atom stereocenters. The third-order valence-corrected chi connectivity index (χ3v) is 2.81. The fraction of sp³-hybridized carbons (Fsp3) is 0.556. The standard InChI is InChI=1S/C9H17N3S/c10-4-1-2-5-12-7-9-8(11)3-6-13-9/h3,6,12H,1-2,4-5,7,10-11H2. The lowest BCUT2D eigenvalue weighted by Crippen LogP contribution is -2.15. The number of hydrogen-bond acceptors (Lipinski definition) is 4. The van der Waals surface area contributed by atoms with Crippen molar-refractivity contribution in [3.63, 3.8) is 0 Å². The van der Waals surface area contributed by atoms with Gasteiger partial charge in [0.1, 0.15) is 0 Å². The van der Waals surface area contributed by atoms with Crippen LogP contribution in [0.4, 0.5) is 5.69 Å². The van der Waals surface area contributed by atoms with E-state index < -0.39 is 0 Å². The largest absolute Gasteiger partial charge is 0.398 e. The van der Waals surface area contributed by atoms with Gasteiger partial charge in [-0.2, -0.15) is 0 Å². The van der Waals surface area contributed by atoms with Crippen molar-refractivity contribution in [3.05, 3.63) is 16.3 Å². The van der Waals surface area contributed by atoms with Crippen LogP contribution in [0, 0.1) is 0 Å². The lowest BCUT2D eigenvalue weighted by atomic mass is 10.3. The van der Waals surface area contributed by atoms with Crippen LogP contribution >= 0.6 is 11.3 Å². The zero-order valence-electron chi connectivity index (χ0n) is 7.75. The fourth-order valence-electron chi connectivity index (χ4n) is 1.09. The normalized spacial score (nSPS) is 10.5. The van der Waals surface area contributed by atoms with Crippen LogP contribution in [0.25, 0.3) is 0 Å². The Labute approximate surface area is 83.1 Å². The van der Waals surface area contributed by atoms with Crippen LogP contribution < -0.4 is 16.8 Å². The van der Waals surface area contributed by atoms with E-state index in [0.29, 0.717) is 0 Å². The number of rotatable bonds is 6. The molecule has 1 aromatic rings. The van der Waals surface area contributed by atoms with E-state index in [4.69, 9.17) is 11.5 Å². The van der Waals surface area contributed by atoms with Crippen molar-refractivity contribution in [2.45, 2.75) is 19.4 Å². The summed E-state index contributed by atoms with van der Waals surface area (Å²) in [6, 6.07) is 1.95. The summed E-state index contributed by atoms with van der Waals surface area (Å²) in [5.74, 6) is 0. The molecule has 3 nitrogen and oxygen atoms in total. The molecule has 1 aromatic heterocycles. The molecular formula is C9H17N3S. The summed E-state index contributed by atoms with van der Waals surface area (Å²) in [5, 5.41) is 5.36. The van der Waals surface area contributed by atoms with E-state index in [1.165, 1.54) is 4.88 Å². The van der Waals surface area contributed by atoms with Crippen LogP contribution in [-0.4, -0.2) is 13.1 Å². The SMILES string of the molecule is NCCCCNCc1sccc1N. The molecule has 0 aliphatic rings. The number of unbranched alkanes of at least 4 members (excludes halogenated alkanes) is 1. The monoisotopic (exact) mass is 199 g/mol. The van der Waals surface area contributed by atoms with Crippen LogP contribution in [0.15, 0.2) is 11.4 Å². The molecule has 0 spiro atoms. The molecular weight excluding hydrogens is 182 g/mol. The summed E-state index contributed by atoms with van der Waals surface area (Å²) in [4.78, 5) is 1.23. The topological polar surface area (TPSA) is 64.1 Å². The molecule has 0 bridgehead atoms. The molecule has 5 N–H and O–H groups in total. The number of nitrogens with one attached hydrogen (secondary N) is 1. The molecule has 0 atom stereocenters. The molecule has 74 valence electrons. The number of nitrogen functional groups attached to an aromatic ring is 1. The molecule has 0 radical (unpaired) electrons. The first-order chi connectivity index (χ1) is 6.34. The Hall–Kier alpha value is -0.580. The van der Waals surface area contributed by atoms with Gasteiger partial charge in [0.05, 0.1) is 0 Å². The average molecular weight is 199 g/mol. The van der Waals surface area contributed by atoms with Gasteiger partial charge in [0.2, 0.25) is 0 Å². The highest BCUT2D eigenvalue weighted by Gasteiger charge is 1.98. The third kappa shape index (κ3) is 3.76. The quantitative estimate of drug-likeness (QED) is 0.602. The highest BCUT2D eigenvalue weighted by Crippen LogP contribution is 2.17. The molecule has 0 aliphatic heterocycles. The molecule has 0 saturated carbocycles. The zero-order valence-corrected chi connectivity index (χ0v) is 8.57. The second-order valence-corrected chi connectivity index (χ2v) is 3.97. The number of thiophene rings is 1. The Morgan fingerprint density at radius 1 is 1.38 bits per heavy atom. The van der Waals surface area contributed by atoms with Crippen molar-refractivity contribution >= 4 is 17.0 Å². The molecule has 0 aromatic carbocycles. The molecule has 4 heteroatoms. The van der Waals surface area contributed by atoms with Gasteiger partial charge in [0.15, 0.2) is 0 Å². The van der Waals surface area contributed by atoms with Crippen LogP contribution in [0.2, 0.25) is 0 Å².